The predicted octanol–water partition coefficient (Wildman–Crippen LogP) is 3.76. The third kappa shape index (κ3) is 4.05. The number of nitrogens with one attached hydrogen (secondary N) is 2. The number of para-hydroxylation sites is 2. The van der Waals surface area contributed by atoms with E-state index in [2.05, 4.69) is 22.1 Å². The maximum absolute atomic E-state index is 12.7. The summed E-state index contributed by atoms with van der Waals surface area (Å²) in [4.78, 5) is 38.4. The Bertz CT molecular complexity index is 1120. The Kier molecular flexibility index (Phi) is 5.52. The molecule has 1 aliphatic rings. The van der Waals surface area contributed by atoms with Crippen molar-refractivity contribution in [3.63, 3.8) is 0 Å². The Morgan fingerprint density at radius 2 is 1.93 bits per heavy atom. The summed E-state index contributed by atoms with van der Waals surface area (Å²) < 4.78 is 2.19. The summed E-state index contributed by atoms with van der Waals surface area (Å²) in [6.07, 6.45) is 3.18. The quantitative estimate of drug-likeness (QED) is 0.656. The number of amides is 3. The standard InChI is InChI=1S/C23H24N4O3/c1-2-12-26-13-11-16-14-17(7-8-19(16)26)24-21(28)9-10-23(30)27-15-22(29)25-18-5-3-4-6-20(18)27/h3-8,11,13-14H,2,9-10,12,15H2,1H3,(H,24,28)(H,25,29). The van der Waals surface area contributed by atoms with E-state index in [1.54, 1.807) is 18.2 Å². The molecular formula is C23H24N4O3. The highest BCUT2D eigenvalue weighted by Gasteiger charge is 2.26. The van der Waals surface area contributed by atoms with Crippen molar-refractivity contribution in [1.82, 2.24) is 4.57 Å². The van der Waals surface area contributed by atoms with Gasteiger partial charge in [0.15, 0.2) is 0 Å². The summed E-state index contributed by atoms with van der Waals surface area (Å²) in [7, 11) is 0. The smallest absolute Gasteiger partial charge is 0.244 e. The van der Waals surface area contributed by atoms with Gasteiger partial charge in [-0.05, 0) is 42.8 Å². The first-order chi connectivity index (χ1) is 14.5. The van der Waals surface area contributed by atoms with Gasteiger partial charge in [0.25, 0.3) is 0 Å². The van der Waals surface area contributed by atoms with Gasteiger partial charge < -0.3 is 20.1 Å². The molecule has 0 unspecified atom stereocenters. The third-order valence-corrected chi connectivity index (χ3v) is 5.16. The number of hydrogen-bond donors (Lipinski definition) is 2. The van der Waals surface area contributed by atoms with Gasteiger partial charge in [0, 0.05) is 42.2 Å². The summed E-state index contributed by atoms with van der Waals surface area (Å²) >= 11 is 0. The van der Waals surface area contributed by atoms with Crippen molar-refractivity contribution < 1.29 is 14.4 Å². The van der Waals surface area contributed by atoms with E-state index >= 15 is 0 Å². The molecule has 154 valence electrons. The van der Waals surface area contributed by atoms with Crippen LogP contribution in [0, 0.1) is 0 Å². The van der Waals surface area contributed by atoms with Crippen LogP contribution in [0.5, 0.6) is 0 Å². The van der Waals surface area contributed by atoms with Gasteiger partial charge in [0.2, 0.25) is 17.7 Å². The molecule has 4 rings (SSSR count). The van der Waals surface area contributed by atoms with Gasteiger partial charge in [0.1, 0.15) is 6.54 Å². The second-order valence-corrected chi connectivity index (χ2v) is 7.38. The van der Waals surface area contributed by atoms with Crippen molar-refractivity contribution in [2.75, 3.05) is 22.1 Å². The summed E-state index contributed by atoms with van der Waals surface area (Å²) in [5.41, 5.74) is 3.10. The minimum Gasteiger partial charge on any atom is -0.347 e. The van der Waals surface area contributed by atoms with Crippen LogP contribution in [0.25, 0.3) is 10.9 Å². The summed E-state index contributed by atoms with van der Waals surface area (Å²) in [5, 5.41) is 6.68. The largest absolute Gasteiger partial charge is 0.347 e. The zero-order valence-electron chi connectivity index (χ0n) is 16.9. The average molecular weight is 404 g/mol. The SMILES string of the molecule is CCCn1ccc2cc(NC(=O)CCC(=O)N3CC(=O)Nc4ccccc43)ccc21. The molecule has 7 nitrogen and oxygen atoms in total. The van der Waals surface area contributed by atoms with E-state index in [1.165, 1.54) is 4.90 Å². The molecular weight excluding hydrogens is 380 g/mol. The summed E-state index contributed by atoms with van der Waals surface area (Å²) in [5.74, 6) is -0.722. The van der Waals surface area contributed by atoms with Gasteiger partial charge in [-0.1, -0.05) is 19.1 Å². The maximum Gasteiger partial charge on any atom is 0.244 e. The van der Waals surface area contributed by atoms with E-state index < -0.39 is 0 Å². The molecule has 0 fully saturated rings. The fourth-order valence-corrected chi connectivity index (χ4v) is 3.75. The molecule has 0 bridgehead atoms. The lowest BCUT2D eigenvalue weighted by Crippen LogP contribution is -2.42. The molecule has 3 amide bonds. The Hall–Kier alpha value is -3.61. The van der Waals surface area contributed by atoms with Crippen LogP contribution in [0.1, 0.15) is 26.2 Å². The van der Waals surface area contributed by atoms with Crippen molar-refractivity contribution in [2.24, 2.45) is 0 Å². The number of benzene rings is 2. The number of rotatable bonds is 6. The lowest BCUT2D eigenvalue weighted by molar-refractivity contribution is -0.124. The lowest BCUT2D eigenvalue weighted by atomic mass is 10.1. The highest BCUT2D eigenvalue weighted by atomic mass is 16.2. The molecule has 0 radical (unpaired) electrons. The van der Waals surface area contributed by atoms with Crippen LogP contribution in [0.2, 0.25) is 0 Å². The topological polar surface area (TPSA) is 83.4 Å². The normalized spacial score (nSPS) is 13.1. The monoisotopic (exact) mass is 404 g/mol. The van der Waals surface area contributed by atoms with Crippen LogP contribution >= 0.6 is 0 Å². The van der Waals surface area contributed by atoms with E-state index in [0.29, 0.717) is 17.1 Å². The van der Waals surface area contributed by atoms with E-state index in [1.807, 2.05) is 36.5 Å². The van der Waals surface area contributed by atoms with Crippen molar-refractivity contribution in [3.8, 4) is 0 Å². The van der Waals surface area contributed by atoms with Crippen molar-refractivity contribution in [3.05, 3.63) is 54.7 Å². The number of fused-ring (bicyclic) bond motifs is 2. The van der Waals surface area contributed by atoms with Gasteiger partial charge >= 0.3 is 0 Å². The maximum atomic E-state index is 12.7. The molecule has 0 saturated carbocycles. The molecule has 2 N–H and O–H groups in total. The first-order valence-corrected chi connectivity index (χ1v) is 10.1. The molecule has 0 atom stereocenters. The van der Waals surface area contributed by atoms with Gasteiger partial charge in [-0.2, -0.15) is 0 Å². The van der Waals surface area contributed by atoms with Crippen molar-refractivity contribution >= 4 is 45.7 Å². The Labute approximate surface area is 174 Å². The van der Waals surface area contributed by atoms with Crippen LogP contribution < -0.4 is 15.5 Å². The summed E-state index contributed by atoms with van der Waals surface area (Å²) in [6.45, 7) is 3.05. The van der Waals surface area contributed by atoms with Crippen LogP contribution in [0.4, 0.5) is 17.1 Å². The third-order valence-electron chi connectivity index (χ3n) is 5.16. The fraction of sp³-hybridized carbons (Fsp3) is 0.261. The molecule has 0 aliphatic carbocycles. The van der Waals surface area contributed by atoms with Crippen LogP contribution in [-0.2, 0) is 20.9 Å². The number of aromatic nitrogens is 1. The van der Waals surface area contributed by atoms with Crippen molar-refractivity contribution in [1.29, 1.82) is 0 Å². The first-order valence-electron chi connectivity index (χ1n) is 10.1. The molecule has 7 heteroatoms. The second-order valence-electron chi connectivity index (χ2n) is 7.38. The molecule has 3 aromatic rings. The van der Waals surface area contributed by atoms with Gasteiger partial charge in [-0.3, -0.25) is 14.4 Å². The van der Waals surface area contributed by atoms with Gasteiger partial charge in [-0.15, -0.1) is 0 Å². The first kappa shape index (κ1) is 19.7. The molecule has 30 heavy (non-hydrogen) atoms. The minimum atomic E-state index is -0.250. The molecule has 0 spiro atoms. The van der Waals surface area contributed by atoms with E-state index in [0.717, 1.165) is 23.9 Å². The zero-order chi connectivity index (χ0) is 21.1. The molecule has 1 aliphatic heterocycles. The Balaban J connectivity index is 1.37. The van der Waals surface area contributed by atoms with Crippen molar-refractivity contribution in [2.45, 2.75) is 32.7 Å². The van der Waals surface area contributed by atoms with Crippen LogP contribution in [0.3, 0.4) is 0 Å². The van der Waals surface area contributed by atoms with E-state index in [9.17, 15) is 14.4 Å². The molecule has 2 heterocycles. The highest BCUT2D eigenvalue weighted by Crippen LogP contribution is 2.29. The number of nitrogens with zero attached hydrogens (tertiary/aromatic N) is 2. The van der Waals surface area contributed by atoms with Crippen LogP contribution in [0.15, 0.2) is 54.7 Å². The number of aryl methyl sites for hydroxylation is 1. The van der Waals surface area contributed by atoms with Gasteiger partial charge in [0.05, 0.1) is 11.4 Å². The highest BCUT2D eigenvalue weighted by molar-refractivity contribution is 6.10. The molecule has 0 saturated heterocycles. The van der Waals surface area contributed by atoms with E-state index in [4.69, 9.17) is 0 Å². The zero-order valence-corrected chi connectivity index (χ0v) is 16.9. The Morgan fingerprint density at radius 3 is 2.77 bits per heavy atom. The summed E-state index contributed by atoms with van der Waals surface area (Å²) in [6, 6.07) is 15.0. The number of carbonyl (C=O) groups is 3. The number of carbonyl (C=O) groups excluding carboxylic acids is 3. The second kappa shape index (κ2) is 8.41. The molecule has 1 aromatic heterocycles. The van der Waals surface area contributed by atoms with E-state index in [-0.39, 0.29) is 37.1 Å². The number of hydrogen-bond acceptors (Lipinski definition) is 3. The van der Waals surface area contributed by atoms with Crippen LogP contribution in [-0.4, -0.2) is 28.8 Å². The predicted molar refractivity (Wildman–Crippen MR) is 118 cm³/mol. The van der Waals surface area contributed by atoms with Gasteiger partial charge in [-0.25, -0.2) is 0 Å². The minimum absolute atomic E-state index is 0.0303. The average Bonchev–Trinajstić information content (AvgIpc) is 3.13. The lowest BCUT2D eigenvalue weighted by Gasteiger charge is -2.29. The number of anilines is 3. The fourth-order valence-electron chi connectivity index (χ4n) is 3.75. The Morgan fingerprint density at radius 1 is 1.10 bits per heavy atom. The molecule has 2 aromatic carbocycles.